The van der Waals surface area contributed by atoms with E-state index in [1.54, 1.807) is 12.1 Å². The van der Waals surface area contributed by atoms with Crippen LogP contribution in [0.25, 0.3) is 0 Å². The van der Waals surface area contributed by atoms with Crippen molar-refractivity contribution >= 4 is 23.5 Å². The third-order valence-electron chi connectivity index (χ3n) is 2.18. The monoisotopic (exact) mass is 263 g/mol. The number of halogens is 1. The molecule has 1 aromatic heterocycles. The third-order valence-corrected chi connectivity index (χ3v) is 3.21. The molecule has 0 radical (unpaired) electrons. The van der Waals surface area contributed by atoms with E-state index in [9.17, 15) is 9.18 Å². The zero-order chi connectivity index (χ0) is 13.1. The first-order valence-corrected chi connectivity index (χ1v) is 5.86. The van der Waals surface area contributed by atoms with Gasteiger partial charge in [-0.05, 0) is 24.3 Å². The van der Waals surface area contributed by atoms with Gasteiger partial charge in [0, 0.05) is 16.0 Å². The van der Waals surface area contributed by atoms with Crippen molar-refractivity contribution < 1.29 is 9.18 Å². The highest BCUT2D eigenvalue weighted by Gasteiger charge is 2.11. The van der Waals surface area contributed by atoms with Crippen LogP contribution >= 0.6 is 11.8 Å². The van der Waals surface area contributed by atoms with Crippen LogP contribution in [0.2, 0.25) is 0 Å². The van der Waals surface area contributed by atoms with E-state index < -0.39 is 5.91 Å². The number of aromatic nitrogens is 1. The quantitative estimate of drug-likeness (QED) is 0.888. The minimum Gasteiger partial charge on any atom is -0.384 e. The highest BCUT2D eigenvalue weighted by Crippen LogP contribution is 2.30. The number of primary amides is 1. The SMILES string of the molecule is NC(=O)c1cc(N)ncc1Sc1cccc(F)c1. The van der Waals surface area contributed by atoms with E-state index in [-0.39, 0.29) is 17.2 Å². The van der Waals surface area contributed by atoms with Crippen LogP contribution in [0.5, 0.6) is 0 Å². The van der Waals surface area contributed by atoms with Crippen molar-refractivity contribution in [1.29, 1.82) is 0 Å². The second-order valence-electron chi connectivity index (χ2n) is 3.53. The topological polar surface area (TPSA) is 82.0 Å². The Labute approximate surface area is 107 Å². The molecule has 0 aliphatic rings. The Hall–Kier alpha value is -2.08. The summed E-state index contributed by atoms with van der Waals surface area (Å²) in [5.74, 6) is -0.723. The number of nitrogens with zero attached hydrogens (tertiary/aromatic N) is 1. The first kappa shape index (κ1) is 12.4. The molecule has 0 bridgehead atoms. The van der Waals surface area contributed by atoms with E-state index in [0.29, 0.717) is 9.79 Å². The second-order valence-corrected chi connectivity index (χ2v) is 4.64. The Morgan fingerprint density at radius 1 is 1.33 bits per heavy atom. The number of pyridine rings is 1. The van der Waals surface area contributed by atoms with Gasteiger partial charge in [0.25, 0.3) is 0 Å². The molecule has 6 heteroatoms. The van der Waals surface area contributed by atoms with Crippen molar-refractivity contribution in [2.24, 2.45) is 5.73 Å². The minimum atomic E-state index is -0.594. The number of hydrogen-bond donors (Lipinski definition) is 2. The summed E-state index contributed by atoms with van der Waals surface area (Å²) in [6.07, 6.45) is 1.45. The number of carbonyl (C=O) groups excluding carboxylic acids is 1. The standard InChI is InChI=1S/C12H10FN3OS/c13-7-2-1-3-8(4-7)18-10-6-16-11(14)5-9(10)12(15)17/h1-6H,(H2,14,16)(H2,15,17). The van der Waals surface area contributed by atoms with Crippen molar-refractivity contribution in [2.75, 3.05) is 5.73 Å². The summed E-state index contributed by atoms with van der Waals surface area (Å²) >= 11 is 1.21. The van der Waals surface area contributed by atoms with E-state index in [1.165, 1.54) is 36.2 Å². The van der Waals surface area contributed by atoms with Crippen molar-refractivity contribution in [3.05, 3.63) is 47.9 Å². The first-order chi connectivity index (χ1) is 8.56. The molecule has 0 saturated carbocycles. The van der Waals surface area contributed by atoms with E-state index in [0.717, 1.165) is 0 Å². The molecule has 0 aliphatic heterocycles. The fourth-order valence-corrected chi connectivity index (χ4v) is 2.34. The molecular formula is C12H10FN3OS. The predicted octanol–water partition coefficient (Wildman–Crippen LogP) is 2.05. The zero-order valence-corrected chi connectivity index (χ0v) is 10.1. The summed E-state index contributed by atoms with van der Waals surface area (Å²) in [6.45, 7) is 0. The van der Waals surface area contributed by atoms with Crippen LogP contribution in [0.3, 0.4) is 0 Å². The normalized spacial score (nSPS) is 10.3. The molecule has 1 aromatic carbocycles. The molecule has 1 amide bonds. The highest BCUT2D eigenvalue weighted by atomic mass is 32.2. The maximum atomic E-state index is 13.1. The van der Waals surface area contributed by atoms with Crippen molar-refractivity contribution in [3.8, 4) is 0 Å². The number of hydrogen-bond acceptors (Lipinski definition) is 4. The van der Waals surface area contributed by atoms with Crippen LogP contribution in [0.15, 0.2) is 46.3 Å². The molecule has 92 valence electrons. The lowest BCUT2D eigenvalue weighted by atomic mass is 10.2. The minimum absolute atomic E-state index is 0.215. The van der Waals surface area contributed by atoms with Gasteiger partial charge in [-0.25, -0.2) is 9.37 Å². The van der Waals surface area contributed by atoms with Gasteiger partial charge in [0.2, 0.25) is 5.91 Å². The number of benzene rings is 1. The molecule has 0 atom stereocenters. The lowest BCUT2D eigenvalue weighted by Crippen LogP contribution is -2.13. The van der Waals surface area contributed by atoms with Crippen LogP contribution in [0.1, 0.15) is 10.4 Å². The molecule has 2 aromatic rings. The number of amides is 1. The average Bonchev–Trinajstić information content (AvgIpc) is 2.31. The summed E-state index contributed by atoms with van der Waals surface area (Å²) in [5.41, 5.74) is 11.0. The van der Waals surface area contributed by atoms with E-state index >= 15 is 0 Å². The molecule has 0 spiro atoms. The van der Waals surface area contributed by atoms with Crippen molar-refractivity contribution in [3.63, 3.8) is 0 Å². The van der Waals surface area contributed by atoms with Crippen molar-refractivity contribution in [2.45, 2.75) is 9.79 Å². The molecule has 0 saturated heterocycles. The van der Waals surface area contributed by atoms with E-state index in [1.807, 2.05) is 0 Å². The molecule has 2 rings (SSSR count). The van der Waals surface area contributed by atoms with E-state index in [4.69, 9.17) is 11.5 Å². The Balaban J connectivity index is 2.37. The van der Waals surface area contributed by atoms with Crippen LogP contribution in [-0.4, -0.2) is 10.9 Å². The molecule has 18 heavy (non-hydrogen) atoms. The second kappa shape index (κ2) is 5.05. The van der Waals surface area contributed by atoms with Gasteiger partial charge < -0.3 is 11.5 Å². The van der Waals surface area contributed by atoms with Crippen LogP contribution in [0.4, 0.5) is 10.2 Å². The summed E-state index contributed by atoms with van der Waals surface area (Å²) in [5, 5.41) is 0. The van der Waals surface area contributed by atoms with Gasteiger partial charge in [0.15, 0.2) is 0 Å². The Morgan fingerprint density at radius 2 is 2.11 bits per heavy atom. The molecule has 4 N–H and O–H groups in total. The Morgan fingerprint density at radius 3 is 2.78 bits per heavy atom. The summed E-state index contributed by atoms with van der Waals surface area (Å²) < 4.78 is 13.1. The zero-order valence-electron chi connectivity index (χ0n) is 9.26. The summed E-state index contributed by atoms with van der Waals surface area (Å²) in [4.78, 5) is 16.4. The van der Waals surface area contributed by atoms with Crippen LogP contribution < -0.4 is 11.5 Å². The highest BCUT2D eigenvalue weighted by molar-refractivity contribution is 7.99. The molecule has 1 heterocycles. The van der Waals surface area contributed by atoms with Gasteiger partial charge in [-0.1, -0.05) is 17.8 Å². The van der Waals surface area contributed by atoms with Gasteiger partial charge >= 0.3 is 0 Å². The van der Waals surface area contributed by atoms with Gasteiger partial charge in [0.1, 0.15) is 11.6 Å². The molecular weight excluding hydrogens is 253 g/mol. The van der Waals surface area contributed by atoms with Gasteiger partial charge in [0.05, 0.1) is 5.56 Å². The molecule has 4 nitrogen and oxygen atoms in total. The number of nitrogens with two attached hydrogens (primary N) is 2. The molecule has 0 aliphatic carbocycles. The lowest BCUT2D eigenvalue weighted by Gasteiger charge is -2.06. The number of carbonyl (C=O) groups is 1. The van der Waals surface area contributed by atoms with Crippen molar-refractivity contribution in [1.82, 2.24) is 4.98 Å². The number of rotatable bonds is 3. The van der Waals surface area contributed by atoms with Crippen LogP contribution in [0, 0.1) is 5.82 Å². The predicted molar refractivity (Wildman–Crippen MR) is 67.7 cm³/mol. The Kier molecular flexibility index (Phi) is 3.47. The Bertz CT molecular complexity index is 604. The van der Waals surface area contributed by atoms with Gasteiger partial charge in [-0.2, -0.15) is 0 Å². The molecule has 0 unspecified atom stereocenters. The summed E-state index contributed by atoms with van der Waals surface area (Å²) in [7, 11) is 0. The fourth-order valence-electron chi connectivity index (χ4n) is 1.39. The molecule has 0 fully saturated rings. The lowest BCUT2D eigenvalue weighted by molar-refractivity contribution is 0.0997. The fraction of sp³-hybridized carbons (Fsp3) is 0. The number of anilines is 1. The number of nitrogen functional groups attached to an aromatic ring is 1. The van der Waals surface area contributed by atoms with Gasteiger partial charge in [-0.3, -0.25) is 4.79 Å². The van der Waals surface area contributed by atoms with Crippen LogP contribution in [-0.2, 0) is 0 Å². The first-order valence-electron chi connectivity index (χ1n) is 5.05. The van der Waals surface area contributed by atoms with E-state index in [2.05, 4.69) is 4.98 Å². The smallest absolute Gasteiger partial charge is 0.250 e. The maximum absolute atomic E-state index is 13.1. The maximum Gasteiger partial charge on any atom is 0.250 e. The average molecular weight is 263 g/mol. The van der Waals surface area contributed by atoms with Gasteiger partial charge in [-0.15, -0.1) is 0 Å². The summed E-state index contributed by atoms with van der Waals surface area (Å²) in [6, 6.07) is 7.44. The third kappa shape index (κ3) is 2.78. The largest absolute Gasteiger partial charge is 0.384 e.